The second-order valence-electron chi connectivity index (χ2n) is 3.11. The molecule has 0 amide bonds. The molecule has 2 nitrogen and oxygen atoms in total. The van der Waals surface area contributed by atoms with E-state index < -0.39 is 0 Å². The van der Waals surface area contributed by atoms with Crippen LogP contribution in [0, 0.1) is 0 Å². The van der Waals surface area contributed by atoms with Gasteiger partial charge in [-0.3, -0.25) is 4.98 Å². The van der Waals surface area contributed by atoms with Crippen molar-refractivity contribution in [3.8, 4) is 0 Å². The molecule has 0 radical (unpaired) electrons. The van der Waals surface area contributed by atoms with E-state index in [1.807, 2.05) is 6.07 Å². The first-order valence-corrected chi connectivity index (χ1v) is 5.98. The van der Waals surface area contributed by atoms with Crippen LogP contribution in [0.3, 0.4) is 0 Å². The molecule has 78 valence electrons. The predicted molar refractivity (Wildman–Crippen MR) is 65.8 cm³/mol. The number of hydrogen-bond donors (Lipinski definition) is 1. The van der Waals surface area contributed by atoms with Crippen LogP contribution in [0.5, 0.6) is 0 Å². The topological polar surface area (TPSA) is 24.9 Å². The Labute approximate surface area is 97.9 Å². The largest absolute Gasteiger partial charge is 0.383 e. The molecule has 0 saturated carbocycles. The summed E-state index contributed by atoms with van der Waals surface area (Å²) >= 11 is 7.74. The fraction of sp³-hybridized carbons (Fsp3) is 0.182. The van der Waals surface area contributed by atoms with Crippen molar-refractivity contribution in [1.29, 1.82) is 0 Å². The van der Waals surface area contributed by atoms with Gasteiger partial charge < -0.3 is 5.32 Å². The zero-order valence-electron chi connectivity index (χ0n) is 8.11. The van der Waals surface area contributed by atoms with Gasteiger partial charge in [0, 0.05) is 23.8 Å². The van der Waals surface area contributed by atoms with Crippen molar-refractivity contribution >= 4 is 28.6 Å². The van der Waals surface area contributed by atoms with Crippen LogP contribution in [0.2, 0.25) is 5.02 Å². The molecule has 0 saturated heterocycles. The van der Waals surface area contributed by atoms with Crippen LogP contribution in [0.15, 0.2) is 36.0 Å². The molecular formula is C11H11ClN2S. The Balaban J connectivity index is 1.86. The molecule has 0 aliphatic rings. The minimum Gasteiger partial charge on any atom is -0.383 e. The van der Waals surface area contributed by atoms with Gasteiger partial charge in [0.05, 0.1) is 10.7 Å². The number of nitrogens with one attached hydrogen (secondary N) is 1. The summed E-state index contributed by atoms with van der Waals surface area (Å²) in [5.74, 6) is 0. The van der Waals surface area contributed by atoms with Crippen LogP contribution >= 0.6 is 22.9 Å². The molecule has 4 heteroatoms. The lowest BCUT2D eigenvalue weighted by molar-refractivity contribution is 1.04. The molecule has 0 aliphatic carbocycles. The maximum atomic E-state index is 5.96. The Morgan fingerprint density at radius 1 is 1.40 bits per heavy atom. The summed E-state index contributed by atoms with van der Waals surface area (Å²) in [5.41, 5.74) is 0.947. The Bertz CT molecular complexity index is 414. The predicted octanol–water partition coefficient (Wildman–Crippen LogP) is 3.45. The molecule has 0 atom stereocenters. The third-order valence-electron chi connectivity index (χ3n) is 2.04. The van der Waals surface area contributed by atoms with E-state index in [-0.39, 0.29) is 0 Å². The van der Waals surface area contributed by atoms with Gasteiger partial charge >= 0.3 is 0 Å². The van der Waals surface area contributed by atoms with Crippen LogP contribution in [-0.2, 0) is 6.42 Å². The van der Waals surface area contributed by atoms with Gasteiger partial charge in [-0.1, -0.05) is 17.7 Å². The lowest BCUT2D eigenvalue weighted by atomic mass is 10.3. The monoisotopic (exact) mass is 238 g/mol. The van der Waals surface area contributed by atoms with Gasteiger partial charge in [0.2, 0.25) is 0 Å². The maximum Gasteiger partial charge on any atom is 0.0820 e. The number of hydrogen-bond acceptors (Lipinski definition) is 3. The van der Waals surface area contributed by atoms with Gasteiger partial charge in [-0.25, -0.2) is 0 Å². The summed E-state index contributed by atoms with van der Waals surface area (Å²) in [5, 5.41) is 6.05. The normalized spacial score (nSPS) is 10.2. The third-order valence-corrected chi connectivity index (χ3v) is 3.28. The summed E-state index contributed by atoms with van der Waals surface area (Å²) in [6.45, 7) is 0.893. The van der Waals surface area contributed by atoms with Gasteiger partial charge in [-0.2, -0.15) is 0 Å². The lowest BCUT2D eigenvalue weighted by Gasteiger charge is -2.06. The fourth-order valence-electron chi connectivity index (χ4n) is 1.29. The van der Waals surface area contributed by atoms with Crippen molar-refractivity contribution in [2.24, 2.45) is 0 Å². The third kappa shape index (κ3) is 2.94. The second-order valence-corrected chi connectivity index (χ2v) is 4.55. The van der Waals surface area contributed by atoms with Gasteiger partial charge in [0.1, 0.15) is 0 Å². The Kier molecular flexibility index (Phi) is 3.59. The summed E-state index contributed by atoms with van der Waals surface area (Å²) in [6.07, 6.45) is 4.41. The van der Waals surface area contributed by atoms with E-state index in [0.29, 0.717) is 5.02 Å². The van der Waals surface area contributed by atoms with Gasteiger partial charge in [-0.05, 0) is 23.9 Å². The highest BCUT2D eigenvalue weighted by atomic mass is 35.5. The van der Waals surface area contributed by atoms with E-state index in [1.165, 1.54) is 4.88 Å². The smallest absolute Gasteiger partial charge is 0.0820 e. The molecule has 2 rings (SSSR count). The molecule has 0 aliphatic heterocycles. The summed E-state index contributed by atoms with van der Waals surface area (Å²) in [6, 6.07) is 6.09. The van der Waals surface area contributed by atoms with Crippen LogP contribution < -0.4 is 5.32 Å². The lowest BCUT2D eigenvalue weighted by Crippen LogP contribution is -2.04. The summed E-state index contributed by atoms with van der Waals surface area (Å²) in [4.78, 5) is 5.32. The minimum atomic E-state index is 0.670. The highest BCUT2D eigenvalue weighted by Crippen LogP contribution is 2.19. The number of halogens is 1. The second kappa shape index (κ2) is 5.14. The van der Waals surface area contributed by atoms with Crippen molar-refractivity contribution in [3.05, 3.63) is 45.9 Å². The molecule has 2 heterocycles. The first kappa shape index (κ1) is 10.5. The molecule has 1 N–H and O–H groups in total. The summed E-state index contributed by atoms with van der Waals surface area (Å²) in [7, 11) is 0. The van der Waals surface area contributed by atoms with E-state index in [0.717, 1.165) is 18.7 Å². The molecule has 0 spiro atoms. The van der Waals surface area contributed by atoms with Crippen LogP contribution in [0.1, 0.15) is 4.88 Å². The molecule has 0 unspecified atom stereocenters. The van der Waals surface area contributed by atoms with Crippen molar-refractivity contribution in [1.82, 2.24) is 4.98 Å². The molecule has 2 aromatic heterocycles. The van der Waals surface area contributed by atoms with Crippen LogP contribution in [0.25, 0.3) is 0 Å². The molecule has 0 bridgehead atoms. The molecule has 15 heavy (non-hydrogen) atoms. The van der Waals surface area contributed by atoms with E-state index in [1.54, 1.807) is 23.7 Å². The van der Waals surface area contributed by atoms with Crippen molar-refractivity contribution in [2.75, 3.05) is 11.9 Å². The molecule has 0 fully saturated rings. The van der Waals surface area contributed by atoms with E-state index in [9.17, 15) is 0 Å². The summed E-state index contributed by atoms with van der Waals surface area (Å²) < 4.78 is 0. The highest BCUT2D eigenvalue weighted by Gasteiger charge is 1.98. The Morgan fingerprint density at radius 2 is 2.33 bits per heavy atom. The highest BCUT2D eigenvalue weighted by molar-refractivity contribution is 7.09. The Hall–Kier alpha value is -1.06. The number of pyridine rings is 1. The van der Waals surface area contributed by atoms with Gasteiger partial charge in [-0.15, -0.1) is 11.3 Å². The number of thiophene rings is 1. The van der Waals surface area contributed by atoms with Gasteiger partial charge in [0.15, 0.2) is 0 Å². The van der Waals surface area contributed by atoms with Crippen LogP contribution in [-0.4, -0.2) is 11.5 Å². The zero-order chi connectivity index (χ0) is 10.5. The number of anilines is 1. The zero-order valence-corrected chi connectivity index (χ0v) is 9.68. The van der Waals surface area contributed by atoms with Crippen molar-refractivity contribution in [3.63, 3.8) is 0 Å². The van der Waals surface area contributed by atoms with E-state index >= 15 is 0 Å². The average molecular weight is 239 g/mol. The number of aromatic nitrogens is 1. The molecule has 2 aromatic rings. The minimum absolute atomic E-state index is 0.670. The first-order chi connectivity index (χ1) is 7.36. The molecular weight excluding hydrogens is 228 g/mol. The van der Waals surface area contributed by atoms with Crippen LogP contribution in [0.4, 0.5) is 5.69 Å². The Morgan fingerprint density at radius 3 is 3.07 bits per heavy atom. The standard InChI is InChI=1S/C11H11ClN2S/c12-10-8-13-5-4-11(10)14-6-3-9-2-1-7-15-9/h1-2,4-5,7-8H,3,6H2,(H,13,14). The van der Waals surface area contributed by atoms with E-state index in [4.69, 9.17) is 11.6 Å². The number of nitrogens with zero attached hydrogens (tertiary/aromatic N) is 1. The SMILES string of the molecule is Clc1cnccc1NCCc1cccs1. The van der Waals surface area contributed by atoms with E-state index in [2.05, 4.69) is 27.8 Å². The number of rotatable bonds is 4. The quantitative estimate of drug-likeness (QED) is 0.883. The average Bonchev–Trinajstić information content (AvgIpc) is 2.74. The van der Waals surface area contributed by atoms with Gasteiger partial charge in [0.25, 0.3) is 0 Å². The van der Waals surface area contributed by atoms with Crippen molar-refractivity contribution < 1.29 is 0 Å². The molecule has 0 aromatic carbocycles. The fourth-order valence-corrected chi connectivity index (χ4v) is 2.19. The first-order valence-electron chi connectivity index (χ1n) is 4.72. The van der Waals surface area contributed by atoms with Crippen molar-refractivity contribution in [2.45, 2.75) is 6.42 Å². The maximum absolute atomic E-state index is 5.96.